The fraction of sp³-hybridized carbons (Fsp3) is 0.714. The molecule has 1 aromatic heterocycles. The summed E-state index contributed by atoms with van der Waals surface area (Å²) in [6, 6.07) is 1.86. The van der Waals surface area contributed by atoms with Gasteiger partial charge in [0.15, 0.2) is 0 Å². The summed E-state index contributed by atoms with van der Waals surface area (Å²) in [5, 5.41) is 4.31. The van der Waals surface area contributed by atoms with Gasteiger partial charge in [-0.2, -0.15) is 5.10 Å². The van der Waals surface area contributed by atoms with Crippen LogP contribution in [0.15, 0.2) is 12.3 Å². The quantitative estimate of drug-likeness (QED) is 0.767. The lowest BCUT2D eigenvalue weighted by molar-refractivity contribution is 0.0620. The molecule has 2 fully saturated rings. The SMILES string of the molecule is Cn1ccc(C(=O)C2(N3CCCC3)CCCC2)n1. The number of aromatic nitrogens is 2. The van der Waals surface area contributed by atoms with Crippen LogP contribution in [0.5, 0.6) is 0 Å². The van der Waals surface area contributed by atoms with Crippen molar-refractivity contribution in [2.45, 2.75) is 44.1 Å². The molecule has 98 valence electrons. The number of carbonyl (C=O) groups is 1. The van der Waals surface area contributed by atoms with Gasteiger partial charge in [-0.05, 0) is 44.8 Å². The molecule has 4 heteroatoms. The molecule has 1 saturated heterocycles. The van der Waals surface area contributed by atoms with Crippen LogP contribution in [-0.4, -0.2) is 39.1 Å². The first-order valence-electron chi connectivity index (χ1n) is 7.02. The van der Waals surface area contributed by atoms with Crippen LogP contribution in [0.1, 0.15) is 49.0 Å². The fourth-order valence-corrected chi connectivity index (χ4v) is 3.57. The Morgan fingerprint density at radius 1 is 1.22 bits per heavy atom. The number of aryl methyl sites for hydroxylation is 1. The van der Waals surface area contributed by atoms with E-state index in [0.717, 1.165) is 25.9 Å². The monoisotopic (exact) mass is 247 g/mol. The number of ketones is 1. The number of Topliss-reactive ketones (excluding diaryl/α,β-unsaturated/α-hetero) is 1. The number of rotatable bonds is 3. The second-order valence-corrected chi connectivity index (χ2v) is 5.64. The minimum absolute atomic E-state index is 0.231. The minimum Gasteiger partial charge on any atom is -0.291 e. The van der Waals surface area contributed by atoms with E-state index in [1.54, 1.807) is 4.68 Å². The summed E-state index contributed by atoms with van der Waals surface area (Å²) in [7, 11) is 1.87. The normalized spacial score (nSPS) is 23.6. The molecule has 1 aromatic rings. The Kier molecular flexibility index (Phi) is 2.98. The molecular formula is C14H21N3O. The lowest BCUT2D eigenvalue weighted by Gasteiger charge is -2.36. The molecule has 3 rings (SSSR count). The van der Waals surface area contributed by atoms with Crippen molar-refractivity contribution in [3.8, 4) is 0 Å². The predicted molar refractivity (Wildman–Crippen MR) is 69.5 cm³/mol. The van der Waals surface area contributed by atoms with E-state index in [0.29, 0.717) is 5.69 Å². The van der Waals surface area contributed by atoms with Gasteiger partial charge in [-0.3, -0.25) is 14.4 Å². The smallest absolute Gasteiger partial charge is 0.203 e. The summed E-state index contributed by atoms with van der Waals surface area (Å²) in [6.07, 6.45) is 8.71. The topological polar surface area (TPSA) is 38.1 Å². The maximum atomic E-state index is 12.9. The van der Waals surface area contributed by atoms with Gasteiger partial charge in [0.2, 0.25) is 5.78 Å². The van der Waals surface area contributed by atoms with Crippen molar-refractivity contribution in [3.63, 3.8) is 0 Å². The van der Waals surface area contributed by atoms with Gasteiger partial charge in [0.25, 0.3) is 0 Å². The van der Waals surface area contributed by atoms with Crippen LogP contribution in [0.2, 0.25) is 0 Å². The highest BCUT2D eigenvalue weighted by Gasteiger charge is 2.47. The van der Waals surface area contributed by atoms with Gasteiger partial charge in [0.05, 0.1) is 5.54 Å². The van der Waals surface area contributed by atoms with Crippen LogP contribution in [-0.2, 0) is 7.05 Å². The maximum absolute atomic E-state index is 12.9. The first-order chi connectivity index (χ1) is 8.72. The molecule has 2 heterocycles. The Balaban J connectivity index is 1.91. The third-order valence-corrected chi connectivity index (χ3v) is 4.51. The van der Waals surface area contributed by atoms with E-state index in [1.165, 1.54) is 25.7 Å². The van der Waals surface area contributed by atoms with Crippen LogP contribution in [0.3, 0.4) is 0 Å². The van der Waals surface area contributed by atoms with Crippen molar-refractivity contribution in [1.29, 1.82) is 0 Å². The highest BCUT2D eigenvalue weighted by Crippen LogP contribution is 2.39. The Morgan fingerprint density at radius 2 is 1.89 bits per heavy atom. The zero-order chi connectivity index (χ0) is 12.6. The van der Waals surface area contributed by atoms with Gasteiger partial charge >= 0.3 is 0 Å². The van der Waals surface area contributed by atoms with E-state index >= 15 is 0 Å². The second kappa shape index (κ2) is 4.50. The minimum atomic E-state index is -0.231. The number of nitrogens with zero attached hydrogens (tertiary/aromatic N) is 3. The van der Waals surface area contributed by atoms with E-state index in [1.807, 2.05) is 19.3 Å². The highest BCUT2D eigenvalue weighted by molar-refractivity contribution is 6.02. The number of likely N-dealkylation sites (tertiary alicyclic amines) is 1. The zero-order valence-corrected chi connectivity index (χ0v) is 11.1. The van der Waals surface area contributed by atoms with E-state index in [-0.39, 0.29) is 11.3 Å². The molecule has 0 N–H and O–H groups in total. The van der Waals surface area contributed by atoms with Gasteiger partial charge in [0.1, 0.15) is 5.69 Å². The van der Waals surface area contributed by atoms with Crippen molar-refractivity contribution < 1.29 is 4.79 Å². The largest absolute Gasteiger partial charge is 0.291 e. The molecule has 0 atom stereocenters. The Hall–Kier alpha value is -1.16. The zero-order valence-electron chi connectivity index (χ0n) is 11.1. The number of carbonyl (C=O) groups excluding carboxylic acids is 1. The molecule has 0 radical (unpaired) electrons. The summed E-state index contributed by atoms with van der Waals surface area (Å²) < 4.78 is 1.72. The summed E-state index contributed by atoms with van der Waals surface area (Å²) in [4.78, 5) is 15.3. The van der Waals surface area contributed by atoms with Gasteiger partial charge in [-0.25, -0.2) is 0 Å². The van der Waals surface area contributed by atoms with Crippen LogP contribution >= 0.6 is 0 Å². The molecule has 2 aliphatic rings. The van der Waals surface area contributed by atoms with E-state index < -0.39 is 0 Å². The van der Waals surface area contributed by atoms with Crippen LogP contribution in [0.25, 0.3) is 0 Å². The van der Waals surface area contributed by atoms with Gasteiger partial charge in [-0.1, -0.05) is 12.8 Å². The standard InChI is InChI=1S/C14H21N3O/c1-16-11-6-12(15-16)13(18)14(7-2-3-8-14)17-9-4-5-10-17/h6,11H,2-5,7-10H2,1H3. The molecular weight excluding hydrogens is 226 g/mol. The Bertz CT molecular complexity index is 440. The molecule has 0 unspecified atom stereocenters. The van der Waals surface area contributed by atoms with Gasteiger partial charge in [0, 0.05) is 13.2 Å². The average Bonchev–Trinajstić information content (AvgIpc) is 3.09. The Morgan fingerprint density at radius 3 is 2.44 bits per heavy atom. The molecule has 18 heavy (non-hydrogen) atoms. The summed E-state index contributed by atoms with van der Waals surface area (Å²) in [6.45, 7) is 2.16. The molecule has 1 aliphatic carbocycles. The molecule has 0 aromatic carbocycles. The first kappa shape index (κ1) is 11.9. The summed E-state index contributed by atoms with van der Waals surface area (Å²) in [5.41, 5.74) is 0.413. The lowest BCUT2D eigenvalue weighted by Crippen LogP contribution is -2.51. The second-order valence-electron chi connectivity index (χ2n) is 5.64. The summed E-state index contributed by atoms with van der Waals surface area (Å²) >= 11 is 0. The number of hydrogen-bond acceptors (Lipinski definition) is 3. The maximum Gasteiger partial charge on any atom is 0.203 e. The van der Waals surface area contributed by atoms with E-state index in [2.05, 4.69) is 10.00 Å². The van der Waals surface area contributed by atoms with E-state index in [4.69, 9.17) is 0 Å². The Labute approximate surface area is 108 Å². The highest BCUT2D eigenvalue weighted by atomic mass is 16.1. The molecule has 0 amide bonds. The van der Waals surface area contributed by atoms with Crippen molar-refractivity contribution in [2.24, 2.45) is 7.05 Å². The lowest BCUT2D eigenvalue weighted by atomic mass is 9.88. The average molecular weight is 247 g/mol. The van der Waals surface area contributed by atoms with Crippen molar-refractivity contribution in [1.82, 2.24) is 14.7 Å². The third-order valence-electron chi connectivity index (χ3n) is 4.51. The fourth-order valence-electron chi connectivity index (χ4n) is 3.57. The first-order valence-corrected chi connectivity index (χ1v) is 7.02. The van der Waals surface area contributed by atoms with Gasteiger partial charge < -0.3 is 0 Å². The molecule has 4 nitrogen and oxygen atoms in total. The van der Waals surface area contributed by atoms with Crippen LogP contribution < -0.4 is 0 Å². The van der Waals surface area contributed by atoms with Crippen molar-refractivity contribution >= 4 is 5.78 Å². The van der Waals surface area contributed by atoms with Gasteiger partial charge in [-0.15, -0.1) is 0 Å². The number of hydrogen-bond donors (Lipinski definition) is 0. The third kappa shape index (κ3) is 1.79. The predicted octanol–water partition coefficient (Wildman–Crippen LogP) is 2.01. The molecule has 0 bridgehead atoms. The van der Waals surface area contributed by atoms with Crippen LogP contribution in [0.4, 0.5) is 0 Å². The molecule has 1 aliphatic heterocycles. The molecule has 1 saturated carbocycles. The summed E-state index contributed by atoms with van der Waals surface area (Å²) in [5.74, 6) is 0.252. The van der Waals surface area contributed by atoms with E-state index in [9.17, 15) is 4.79 Å². The van der Waals surface area contributed by atoms with Crippen molar-refractivity contribution in [2.75, 3.05) is 13.1 Å². The van der Waals surface area contributed by atoms with Crippen LogP contribution in [0, 0.1) is 0 Å². The van der Waals surface area contributed by atoms with Crippen molar-refractivity contribution in [3.05, 3.63) is 18.0 Å². The molecule has 0 spiro atoms.